The molecule has 0 fully saturated rings. The molecular formula is C26H20F8O2. The number of ether oxygens (including phenoxy) is 2. The van der Waals surface area contributed by atoms with E-state index in [4.69, 9.17) is 9.47 Å². The number of hydrogen-bond acceptors (Lipinski definition) is 2. The summed E-state index contributed by atoms with van der Waals surface area (Å²) < 4.78 is 130. The van der Waals surface area contributed by atoms with E-state index in [-0.39, 0.29) is 13.2 Å². The highest BCUT2D eigenvalue weighted by atomic mass is 19.3. The van der Waals surface area contributed by atoms with Crippen molar-refractivity contribution in [2.75, 3.05) is 13.2 Å². The lowest BCUT2D eigenvalue weighted by Crippen LogP contribution is -2.41. The monoisotopic (exact) mass is 516 g/mol. The predicted octanol–water partition coefficient (Wildman–Crippen LogP) is 8.35. The third-order valence-corrected chi connectivity index (χ3v) is 5.95. The largest absolute Gasteiger partial charge is 0.491 e. The molecule has 36 heavy (non-hydrogen) atoms. The van der Waals surface area contributed by atoms with Crippen LogP contribution in [0.2, 0.25) is 0 Å². The highest BCUT2D eigenvalue weighted by molar-refractivity contribution is 5.81. The smallest absolute Gasteiger partial charge is 0.343 e. The molecule has 0 aromatic heterocycles. The minimum absolute atomic E-state index is 0.0850. The van der Waals surface area contributed by atoms with Crippen molar-refractivity contribution in [3.63, 3.8) is 0 Å². The molecule has 2 nitrogen and oxygen atoms in total. The molecule has 0 radical (unpaired) electrons. The van der Waals surface area contributed by atoms with E-state index >= 15 is 22.0 Å². The van der Waals surface area contributed by atoms with Gasteiger partial charge >= 0.3 is 11.8 Å². The normalized spacial score (nSPS) is 15.3. The molecule has 1 aliphatic carbocycles. The predicted molar refractivity (Wildman–Crippen MR) is 117 cm³/mol. The van der Waals surface area contributed by atoms with E-state index in [2.05, 4.69) is 0 Å². The molecule has 0 saturated carbocycles. The van der Waals surface area contributed by atoms with Gasteiger partial charge in [-0.05, 0) is 48.7 Å². The molecule has 0 bridgehead atoms. The van der Waals surface area contributed by atoms with Gasteiger partial charge < -0.3 is 9.47 Å². The standard InChI is InChI=1S/C26H20F8O2/c1-3-5-12-36-18-11-9-16(22(28)24(18)30)15-7-6-13-14-8-10-17(35-4-2)23(29)20(14)26(33,34)25(31,32)19(13)21(15)27/h6-11H,3-5,12H2,1-2H3. The third kappa shape index (κ3) is 3.77. The number of halogens is 8. The van der Waals surface area contributed by atoms with Crippen LogP contribution in [0.3, 0.4) is 0 Å². The van der Waals surface area contributed by atoms with Crippen molar-refractivity contribution in [3.8, 4) is 33.8 Å². The Morgan fingerprint density at radius 3 is 1.64 bits per heavy atom. The number of unbranched alkanes of at least 4 members (excludes halogenated alkanes) is 1. The fraction of sp³-hybridized carbons (Fsp3) is 0.308. The first-order chi connectivity index (χ1) is 17.0. The Morgan fingerprint density at radius 2 is 1.06 bits per heavy atom. The van der Waals surface area contributed by atoms with Gasteiger partial charge in [0.15, 0.2) is 23.1 Å². The fourth-order valence-corrected chi connectivity index (χ4v) is 4.16. The van der Waals surface area contributed by atoms with Crippen molar-refractivity contribution in [2.24, 2.45) is 0 Å². The second-order valence-electron chi connectivity index (χ2n) is 8.17. The van der Waals surface area contributed by atoms with Crippen LogP contribution in [0.5, 0.6) is 11.5 Å². The topological polar surface area (TPSA) is 18.5 Å². The summed E-state index contributed by atoms with van der Waals surface area (Å²) in [6.45, 7) is 3.27. The van der Waals surface area contributed by atoms with Crippen LogP contribution in [0.4, 0.5) is 35.1 Å². The molecule has 0 atom stereocenters. The van der Waals surface area contributed by atoms with Gasteiger partial charge in [-0.15, -0.1) is 0 Å². The Kier molecular flexibility index (Phi) is 6.66. The molecule has 0 heterocycles. The first kappa shape index (κ1) is 25.8. The van der Waals surface area contributed by atoms with Crippen molar-refractivity contribution in [2.45, 2.75) is 38.5 Å². The maximum atomic E-state index is 15.5. The summed E-state index contributed by atoms with van der Waals surface area (Å²) in [4.78, 5) is 0. The Bertz CT molecular complexity index is 1320. The molecule has 0 N–H and O–H groups in total. The Hall–Kier alpha value is -3.30. The van der Waals surface area contributed by atoms with Crippen LogP contribution in [-0.4, -0.2) is 13.2 Å². The lowest BCUT2D eigenvalue weighted by molar-refractivity contribution is -0.227. The van der Waals surface area contributed by atoms with E-state index in [0.29, 0.717) is 6.42 Å². The van der Waals surface area contributed by atoms with Gasteiger partial charge in [-0.2, -0.15) is 22.0 Å². The van der Waals surface area contributed by atoms with Crippen molar-refractivity contribution in [1.82, 2.24) is 0 Å². The van der Waals surface area contributed by atoms with Crippen LogP contribution in [0, 0.1) is 23.3 Å². The number of hydrogen-bond donors (Lipinski definition) is 0. The zero-order chi connectivity index (χ0) is 26.4. The summed E-state index contributed by atoms with van der Waals surface area (Å²) in [6.07, 6.45) is 1.28. The van der Waals surface area contributed by atoms with Gasteiger partial charge in [-0.1, -0.05) is 25.5 Å². The molecular weight excluding hydrogens is 496 g/mol. The second kappa shape index (κ2) is 9.29. The second-order valence-corrected chi connectivity index (χ2v) is 8.17. The number of fused-ring (bicyclic) bond motifs is 3. The molecule has 0 unspecified atom stereocenters. The van der Waals surface area contributed by atoms with Crippen LogP contribution < -0.4 is 9.47 Å². The molecule has 0 saturated heterocycles. The molecule has 0 amide bonds. The van der Waals surface area contributed by atoms with E-state index in [1.165, 1.54) is 6.92 Å². The van der Waals surface area contributed by atoms with Gasteiger partial charge in [-0.25, -0.2) is 13.2 Å². The van der Waals surface area contributed by atoms with Gasteiger partial charge in [0.2, 0.25) is 5.82 Å². The van der Waals surface area contributed by atoms with Crippen LogP contribution in [0.15, 0.2) is 36.4 Å². The Balaban J connectivity index is 1.91. The maximum Gasteiger partial charge on any atom is 0.343 e. The average Bonchev–Trinajstić information content (AvgIpc) is 2.82. The molecule has 3 aromatic carbocycles. The van der Waals surface area contributed by atoms with Crippen molar-refractivity contribution in [3.05, 3.63) is 70.8 Å². The molecule has 4 rings (SSSR count). The van der Waals surface area contributed by atoms with Crippen molar-refractivity contribution < 1.29 is 44.6 Å². The van der Waals surface area contributed by atoms with Gasteiger partial charge in [-0.3, -0.25) is 0 Å². The van der Waals surface area contributed by atoms with Crippen molar-refractivity contribution >= 4 is 0 Å². The molecule has 192 valence electrons. The molecule has 10 heteroatoms. The number of alkyl halides is 4. The summed E-state index contributed by atoms with van der Waals surface area (Å²) in [7, 11) is 0. The zero-order valence-electron chi connectivity index (χ0n) is 19.1. The van der Waals surface area contributed by atoms with E-state index < -0.39 is 80.0 Å². The first-order valence-corrected chi connectivity index (χ1v) is 11.1. The first-order valence-electron chi connectivity index (χ1n) is 11.1. The molecule has 3 aromatic rings. The van der Waals surface area contributed by atoms with E-state index in [1.54, 1.807) is 0 Å². The minimum atomic E-state index is -5.22. The highest BCUT2D eigenvalue weighted by Gasteiger charge is 2.65. The summed E-state index contributed by atoms with van der Waals surface area (Å²) in [5.74, 6) is -18.2. The van der Waals surface area contributed by atoms with Crippen molar-refractivity contribution in [1.29, 1.82) is 0 Å². The van der Waals surface area contributed by atoms with Gasteiger partial charge in [0.05, 0.1) is 24.3 Å². The maximum absolute atomic E-state index is 15.5. The average molecular weight is 516 g/mol. The van der Waals surface area contributed by atoms with E-state index in [9.17, 15) is 13.2 Å². The van der Waals surface area contributed by atoms with Crippen LogP contribution in [-0.2, 0) is 11.8 Å². The van der Waals surface area contributed by atoms with E-state index in [0.717, 1.165) is 42.8 Å². The lowest BCUT2D eigenvalue weighted by atomic mass is 9.78. The van der Waals surface area contributed by atoms with Gasteiger partial charge in [0.1, 0.15) is 5.82 Å². The minimum Gasteiger partial charge on any atom is -0.491 e. The molecule has 0 spiro atoms. The van der Waals surface area contributed by atoms with Crippen LogP contribution in [0.1, 0.15) is 37.8 Å². The quantitative estimate of drug-likeness (QED) is 0.232. The number of rotatable bonds is 7. The summed E-state index contributed by atoms with van der Waals surface area (Å²) >= 11 is 0. The summed E-state index contributed by atoms with van der Waals surface area (Å²) in [6, 6.07) is 5.49. The summed E-state index contributed by atoms with van der Waals surface area (Å²) in [5, 5.41) is 0. The Morgan fingerprint density at radius 1 is 0.583 bits per heavy atom. The lowest BCUT2D eigenvalue weighted by Gasteiger charge is -2.35. The Labute approximate surface area is 201 Å². The SMILES string of the molecule is CCCCOc1ccc(-c2ccc3c(c2F)C(F)(F)C(F)(F)c2c-3ccc(OCC)c2F)c(F)c1F. The molecule has 0 aliphatic heterocycles. The summed E-state index contributed by atoms with van der Waals surface area (Å²) in [5.41, 5.74) is -6.38. The van der Waals surface area contributed by atoms with Gasteiger partial charge in [0, 0.05) is 11.1 Å². The van der Waals surface area contributed by atoms with Crippen LogP contribution >= 0.6 is 0 Å². The molecule has 1 aliphatic rings. The fourth-order valence-electron chi connectivity index (χ4n) is 4.16. The third-order valence-electron chi connectivity index (χ3n) is 5.95. The highest BCUT2D eigenvalue weighted by Crippen LogP contribution is 2.60. The van der Waals surface area contributed by atoms with Gasteiger partial charge in [0.25, 0.3) is 0 Å². The van der Waals surface area contributed by atoms with Crippen LogP contribution in [0.25, 0.3) is 22.3 Å². The van der Waals surface area contributed by atoms with E-state index in [1.807, 2.05) is 6.92 Å². The number of benzene rings is 3. The zero-order valence-corrected chi connectivity index (χ0v) is 19.1.